The van der Waals surface area contributed by atoms with Crippen molar-refractivity contribution in [2.75, 3.05) is 33.7 Å². The second-order valence-corrected chi connectivity index (χ2v) is 8.76. The fourth-order valence-corrected chi connectivity index (χ4v) is 4.21. The lowest BCUT2D eigenvalue weighted by atomic mass is 10.1. The fourth-order valence-electron chi connectivity index (χ4n) is 4.21. The smallest absolute Gasteiger partial charge is 0.345 e. The molecule has 0 saturated carbocycles. The molecule has 1 saturated heterocycles. The van der Waals surface area contributed by atoms with Crippen LogP contribution in [0.15, 0.2) is 4.79 Å². The first-order valence-electron chi connectivity index (χ1n) is 11.3. The van der Waals surface area contributed by atoms with Crippen LogP contribution in [0.2, 0.25) is 0 Å². The Balaban J connectivity index is 1.44. The first-order chi connectivity index (χ1) is 14.4. The minimum atomic E-state index is -0.0777. The van der Waals surface area contributed by atoms with Crippen LogP contribution in [0.25, 0.3) is 0 Å². The molecule has 0 radical (unpaired) electrons. The van der Waals surface area contributed by atoms with E-state index in [9.17, 15) is 14.4 Å². The lowest BCUT2D eigenvalue weighted by molar-refractivity contribution is -0.133. The minimum absolute atomic E-state index is 0.0158. The summed E-state index contributed by atoms with van der Waals surface area (Å²) in [5, 5.41) is 7.55. The number of fused-ring (bicyclic) bond motifs is 1. The summed E-state index contributed by atoms with van der Waals surface area (Å²) in [5.41, 5.74) is -0.0677. The molecule has 2 aliphatic heterocycles. The van der Waals surface area contributed by atoms with Crippen molar-refractivity contribution in [3.63, 3.8) is 0 Å². The van der Waals surface area contributed by atoms with Crippen molar-refractivity contribution < 1.29 is 9.59 Å². The summed E-state index contributed by atoms with van der Waals surface area (Å²) in [7, 11) is 3.95. The summed E-state index contributed by atoms with van der Waals surface area (Å²) in [4.78, 5) is 41.3. The lowest BCUT2D eigenvalue weighted by Gasteiger charge is -2.20. The van der Waals surface area contributed by atoms with Gasteiger partial charge in [-0.1, -0.05) is 12.8 Å². The van der Waals surface area contributed by atoms with Gasteiger partial charge < -0.3 is 15.1 Å². The molecule has 1 fully saturated rings. The number of aryl methyl sites for hydroxylation is 1. The van der Waals surface area contributed by atoms with Gasteiger partial charge in [0.25, 0.3) is 0 Å². The zero-order chi connectivity index (χ0) is 21.5. The van der Waals surface area contributed by atoms with Crippen molar-refractivity contribution in [3.05, 3.63) is 16.3 Å². The Morgan fingerprint density at radius 1 is 1.07 bits per heavy atom. The third-order valence-electron chi connectivity index (χ3n) is 6.07. The second-order valence-electron chi connectivity index (χ2n) is 8.76. The number of nitrogens with zero attached hydrogens (tertiary/aromatic N) is 5. The van der Waals surface area contributed by atoms with E-state index < -0.39 is 0 Å². The molecular formula is C21H36N6O3. The monoisotopic (exact) mass is 420 g/mol. The van der Waals surface area contributed by atoms with Gasteiger partial charge in [-0.05, 0) is 39.8 Å². The van der Waals surface area contributed by atoms with Gasteiger partial charge in [-0.15, -0.1) is 0 Å². The number of hydrogen-bond acceptors (Lipinski definition) is 5. The maximum Gasteiger partial charge on any atom is 0.345 e. The number of carbonyl (C=O) groups excluding carboxylic acids is 2. The standard InChI is InChI=1S/C21H36N6O3/c1-24(2)15-16-27-21(30)26-14-11-17(7-8-18(26)23-27)22-19(28)9-10-20(29)25-12-5-3-4-6-13-25/h17H,3-16H2,1-2H3,(H,22,28). The maximum absolute atomic E-state index is 12.6. The van der Waals surface area contributed by atoms with Crippen LogP contribution < -0.4 is 11.0 Å². The highest BCUT2D eigenvalue weighted by atomic mass is 16.2. The van der Waals surface area contributed by atoms with Gasteiger partial charge in [0, 0.05) is 51.5 Å². The highest BCUT2D eigenvalue weighted by molar-refractivity contribution is 5.83. The van der Waals surface area contributed by atoms with Crippen LogP contribution in [-0.2, 0) is 29.1 Å². The molecule has 1 aromatic heterocycles. The molecule has 3 heterocycles. The highest BCUT2D eigenvalue weighted by Crippen LogP contribution is 2.14. The van der Waals surface area contributed by atoms with Crippen molar-refractivity contribution in [2.45, 2.75) is 76.9 Å². The zero-order valence-electron chi connectivity index (χ0n) is 18.4. The van der Waals surface area contributed by atoms with Crippen molar-refractivity contribution in [3.8, 4) is 0 Å². The number of nitrogens with one attached hydrogen (secondary N) is 1. The molecule has 1 atom stereocenters. The van der Waals surface area contributed by atoms with E-state index in [2.05, 4.69) is 10.4 Å². The van der Waals surface area contributed by atoms with Gasteiger partial charge >= 0.3 is 5.69 Å². The topological polar surface area (TPSA) is 92.5 Å². The fraction of sp³-hybridized carbons (Fsp3) is 0.810. The number of aromatic nitrogens is 3. The molecular weight excluding hydrogens is 384 g/mol. The molecule has 0 aliphatic carbocycles. The molecule has 0 bridgehead atoms. The molecule has 0 spiro atoms. The predicted octanol–water partition coefficient (Wildman–Crippen LogP) is 0.610. The van der Waals surface area contributed by atoms with Crippen molar-refractivity contribution in [1.82, 2.24) is 29.5 Å². The van der Waals surface area contributed by atoms with Crippen LogP contribution >= 0.6 is 0 Å². The quantitative estimate of drug-likeness (QED) is 0.698. The largest absolute Gasteiger partial charge is 0.353 e. The third kappa shape index (κ3) is 6.17. The van der Waals surface area contributed by atoms with Gasteiger partial charge in [-0.25, -0.2) is 9.48 Å². The molecule has 30 heavy (non-hydrogen) atoms. The molecule has 2 aliphatic rings. The van der Waals surface area contributed by atoms with Crippen molar-refractivity contribution in [2.24, 2.45) is 0 Å². The first-order valence-corrected chi connectivity index (χ1v) is 11.3. The highest BCUT2D eigenvalue weighted by Gasteiger charge is 2.23. The van der Waals surface area contributed by atoms with Gasteiger partial charge in [0.1, 0.15) is 5.82 Å². The van der Waals surface area contributed by atoms with Crippen molar-refractivity contribution >= 4 is 11.8 Å². The number of amides is 2. The van der Waals surface area contributed by atoms with Crippen molar-refractivity contribution in [1.29, 1.82) is 0 Å². The summed E-state index contributed by atoms with van der Waals surface area (Å²) in [6.07, 6.45) is 7.13. The van der Waals surface area contributed by atoms with Gasteiger partial charge in [0.15, 0.2) is 0 Å². The van der Waals surface area contributed by atoms with Crippen LogP contribution in [0, 0.1) is 0 Å². The van der Waals surface area contributed by atoms with Crippen LogP contribution in [0.5, 0.6) is 0 Å². The number of likely N-dealkylation sites (N-methyl/N-ethyl adjacent to an activating group) is 1. The number of likely N-dealkylation sites (tertiary alicyclic amines) is 1. The SMILES string of the molecule is CN(C)CCn1nc2n(c1=O)CCC(NC(=O)CCC(=O)N1CCCCCC1)CC2. The molecule has 9 heteroatoms. The molecule has 1 N–H and O–H groups in total. The average molecular weight is 421 g/mol. The normalized spacial score (nSPS) is 19.8. The summed E-state index contributed by atoms with van der Waals surface area (Å²) in [6, 6.07) is 0.0158. The third-order valence-corrected chi connectivity index (χ3v) is 6.07. The van der Waals surface area contributed by atoms with E-state index >= 15 is 0 Å². The molecule has 2 amide bonds. The molecule has 1 aromatic rings. The Morgan fingerprint density at radius 2 is 1.80 bits per heavy atom. The Labute approximate surface area is 178 Å². The summed E-state index contributed by atoms with van der Waals surface area (Å²) < 4.78 is 3.29. The number of rotatable bonds is 7. The molecule has 3 rings (SSSR count). The van der Waals surface area contributed by atoms with E-state index in [4.69, 9.17) is 0 Å². The zero-order valence-corrected chi connectivity index (χ0v) is 18.4. The Bertz CT molecular complexity index is 776. The van der Waals surface area contributed by atoms with Crippen LogP contribution in [-0.4, -0.2) is 75.7 Å². The van der Waals surface area contributed by atoms with E-state index in [1.54, 1.807) is 9.25 Å². The van der Waals surface area contributed by atoms with Gasteiger partial charge in [0.2, 0.25) is 11.8 Å². The number of carbonyl (C=O) groups is 2. The molecule has 9 nitrogen and oxygen atoms in total. The van der Waals surface area contributed by atoms with E-state index in [1.165, 1.54) is 12.8 Å². The van der Waals surface area contributed by atoms with E-state index in [1.807, 2.05) is 23.9 Å². The summed E-state index contributed by atoms with van der Waals surface area (Å²) >= 11 is 0. The summed E-state index contributed by atoms with van der Waals surface area (Å²) in [6.45, 7) is 3.55. The maximum atomic E-state index is 12.6. The Hall–Kier alpha value is -2.16. The predicted molar refractivity (Wildman–Crippen MR) is 114 cm³/mol. The molecule has 168 valence electrons. The van der Waals surface area contributed by atoms with Crippen LogP contribution in [0.3, 0.4) is 0 Å². The van der Waals surface area contributed by atoms with E-state index in [0.29, 0.717) is 25.9 Å². The molecule has 1 unspecified atom stereocenters. The van der Waals surface area contributed by atoms with Crippen LogP contribution in [0.4, 0.5) is 0 Å². The molecule has 0 aromatic carbocycles. The minimum Gasteiger partial charge on any atom is -0.353 e. The van der Waals surface area contributed by atoms with Gasteiger partial charge in [-0.2, -0.15) is 5.10 Å². The van der Waals surface area contributed by atoms with Gasteiger partial charge in [0.05, 0.1) is 6.54 Å². The van der Waals surface area contributed by atoms with E-state index in [-0.39, 0.29) is 36.4 Å². The lowest BCUT2D eigenvalue weighted by Crippen LogP contribution is -2.37. The average Bonchev–Trinajstić information content (AvgIpc) is 2.94. The number of hydrogen-bond donors (Lipinski definition) is 1. The second kappa shape index (κ2) is 10.7. The summed E-state index contributed by atoms with van der Waals surface area (Å²) in [5.74, 6) is 0.810. The van der Waals surface area contributed by atoms with Gasteiger partial charge in [-0.3, -0.25) is 14.2 Å². The van der Waals surface area contributed by atoms with Crippen LogP contribution in [0.1, 0.15) is 57.2 Å². The first kappa shape index (κ1) is 22.5. The Kier molecular flexibility index (Phi) is 8.07. The van der Waals surface area contributed by atoms with E-state index in [0.717, 1.165) is 44.7 Å². The Morgan fingerprint density at radius 3 is 2.50 bits per heavy atom.